The summed E-state index contributed by atoms with van der Waals surface area (Å²) in [6.45, 7) is 2.98. The fourth-order valence-corrected chi connectivity index (χ4v) is 1.97. The first-order chi connectivity index (χ1) is 9.25. The number of rotatable bonds is 7. The normalized spacial score (nSPS) is 18.4. The van der Waals surface area contributed by atoms with Crippen molar-refractivity contribution in [3.63, 3.8) is 0 Å². The van der Waals surface area contributed by atoms with Crippen molar-refractivity contribution in [1.29, 1.82) is 0 Å². The Balaban J connectivity index is 1.61. The van der Waals surface area contributed by atoms with E-state index in [0.717, 1.165) is 32.5 Å². The lowest BCUT2D eigenvalue weighted by Gasteiger charge is -2.11. The lowest BCUT2D eigenvalue weighted by atomic mass is 10.2. The highest BCUT2D eigenvalue weighted by Gasteiger charge is 2.14. The van der Waals surface area contributed by atoms with Gasteiger partial charge in [0.2, 0.25) is 0 Å². The molecule has 0 amide bonds. The summed E-state index contributed by atoms with van der Waals surface area (Å²) in [5.74, 6) is 0.643. The second-order valence-corrected chi connectivity index (χ2v) is 4.44. The van der Waals surface area contributed by atoms with Crippen LogP contribution in [-0.4, -0.2) is 37.3 Å². The van der Waals surface area contributed by atoms with Crippen LogP contribution in [0.3, 0.4) is 0 Å². The minimum Gasteiger partial charge on any atom is -0.492 e. The van der Waals surface area contributed by atoms with Gasteiger partial charge >= 0.3 is 0 Å². The first kappa shape index (κ1) is 13.8. The lowest BCUT2D eigenvalue weighted by molar-refractivity contribution is -0.384. The molecule has 1 unspecified atom stereocenters. The Labute approximate surface area is 111 Å². The number of nitro groups is 1. The van der Waals surface area contributed by atoms with Gasteiger partial charge < -0.3 is 14.8 Å². The Hall–Kier alpha value is -1.66. The molecule has 2 rings (SSSR count). The van der Waals surface area contributed by atoms with Gasteiger partial charge in [0.25, 0.3) is 5.69 Å². The van der Waals surface area contributed by atoms with Gasteiger partial charge in [0.15, 0.2) is 0 Å². The van der Waals surface area contributed by atoms with E-state index >= 15 is 0 Å². The van der Waals surface area contributed by atoms with Crippen molar-refractivity contribution >= 4 is 5.69 Å². The zero-order valence-electron chi connectivity index (χ0n) is 10.7. The molecule has 1 fully saturated rings. The Morgan fingerprint density at radius 2 is 2.21 bits per heavy atom. The molecular formula is C13H18N2O4. The number of hydrogen-bond donors (Lipinski definition) is 1. The molecule has 0 aliphatic carbocycles. The Morgan fingerprint density at radius 1 is 1.42 bits per heavy atom. The molecule has 6 heteroatoms. The van der Waals surface area contributed by atoms with Crippen LogP contribution in [0.4, 0.5) is 5.69 Å². The molecule has 1 N–H and O–H groups in total. The minimum atomic E-state index is -0.424. The van der Waals surface area contributed by atoms with E-state index in [2.05, 4.69) is 5.32 Å². The molecule has 0 radical (unpaired) electrons. The number of nitrogens with zero attached hydrogens (tertiary/aromatic N) is 1. The highest BCUT2D eigenvalue weighted by atomic mass is 16.6. The summed E-state index contributed by atoms with van der Waals surface area (Å²) < 4.78 is 11.0. The molecule has 19 heavy (non-hydrogen) atoms. The zero-order valence-corrected chi connectivity index (χ0v) is 10.7. The van der Waals surface area contributed by atoms with E-state index in [0.29, 0.717) is 18.5 Å². The summed E-state index contributed by atoms with van der Waals surface area (Å²) in [6, 6.07) is 6.10. The van der Waals surface area contributed by atoms with E-state index in [-0.39, 0.29) is 5.69 Å². The van der Waals surface area contributed by atoms with Crippen LogP contribution in [0, 0.1) is 10.1 Å². The van der Waals surface area contributed by atoms with Crippen LogP contribution < -0.4 is 10.1 Å². The fourth-order valence-electron chi connectivity index (χ4n) is 1.97. The van der Waals surface area contributed by atoms with Crippen molar-refractivity contribution in [3.05, 3.63) is 34.4 Å². The molecule has 0 saturated carbocycles. The molecule has 1 heterocycles. The number of nitro benzene ring substituents is 1. The van der Waals surface area contributed by atoms with E-state index in [4.69, 9.17) is 9.47 Å². The van der Waals surface area contributed by atoms with E-state index < -0.39 is 4.92 Å². The van der Waals surface area contributed by atoms with Crippen molar-refractivity contribution in [2.45, 2.75) is 18.9 Å². The average molecular weight is 266 g/mol. The summed E-state index contributed by atoms with van der Waals surface area (Å²) in [4.78, 5) is 10.1. The van der Waals surface area contributed by atoms with Crippen LogP contribution in [0.25, 0.3) is 0 Å². The van der Waals surface area contributed by atoms with Gasteiger partial charge in [-0.2, -0.15) is 0 Å². The first-order valence-electron chi connectivity index (χ1n) is 6.45. The lowest BCUT2D eigenvalue weighted by Crippen LogP contribution is -2.29. The van der Waals surface area contributed by atoms with Crippen molar-refractivity contribution < 1.29 is 14.4 Å². The molecular weight excluding hydrogens is 248 g/mol. The summed E-state index contributed by atoms with van der Waals surface area (Å²) in [5.41, 5.74) is 0.0730. The van der Waals surface area contributed by atoms with Crippen LogP contribution in [0.15, 0.2) is 24.3 Å². The third kappa shape index (κ3) is 4.50. The molecule has 1 aliphatic heterocycles. The van der Waals surface area contributed by atoms with E-state index in [1.165, 1.54) is 12.1 Å². The molecule has 1 saturated heterocycles. The summed E-state index contributed by atoms with van der Waals surface area (Å²) >= 11 is 0. The molecule has 0 bridgehead atoms. The highest BCUT2D eigenvalue weighted by Crippen LogP contribution is 2.17. The number of hydrogen-bond acceptors (Lipinski definition) is 5. The molecule has 0 aromatic heterocycles. The maximum Gasteiger partial charge on any atom is 0.269 e. The average Bonchev–Trinajstić information content (AvgIpc) is 2.92. The van der Waals surface area contributed by atoms with Crippen molar-refractivity contribution in [2.75, 3.05) is 26.3 Å². The number of non-ortho nitro benzene ring substituents is 1. The molecule has 1 aromatic carbocycles. The first-order valence-corrected chi connectivity index (χ1v) is 6.45. The SMILES string of the molecule is O=[N+]([O-])c1ccc(OCCNCC2CCCO2)cc1. The third-order valence-electron chi connectivity index (χ3n) is 2.99. The highest BCUT2D eigenvalue weighted by molar-refractivity contribution is 5.35. The molecule has 1 atom stereocenters. The monoisotopic (exact) mass is 266 g/mol. The van der Waals surface area contributed by atoms with Crippen molar-refractivity contribution in [2.24, 2.45) is 0 Å². The smallest absolute Gasteiger partial charge is 0.269 e. The molecule has 0 spiro atoms. The van der Waals surface area contributed by atoms with Crippen LogP contribution in [0.1, 0.15) is 12.8 Å². The zero-order chi connectivity index (χ0) is 13.5. The Morgan fingerprint density at radius 3 is 2.84 bits per heavy atom. The number of benzene rings is 1. The predicted octanol–water partition coefficient (Wildman–Crippen LogP) is 1.74. The van der Waals surface area contributed by atoms with Crippen molar-refractivity contribution in [3.8, 4) is 5.75 Å². The fraction of sp³-hybridized carbons (Fsp3) is 0.538. The number of nitrogens with one attached hydrogen (secondary N) is 1. The van der Waals surface area contributed by atoms with Crippen molar-refractivity contribution in [1.82, 2.24) is 5.32 Å². The summed E-state index contributed by atoms with van der Waals surface area (Å²) in [5, 5.41) is 13.7. The second-order valence-electron chi connectivity index (χ2n) is 4.44. The van der Waals surface area contributed by atoms with Gasteiger partial charge in [0.1, 0.15) is 12.4 Å². The number of ether oxygens (including phenoxy) is 2. The van der Waals surface area contributed by atoms with Gasteiger partial charge in [-0.25, -0.2) is 0 Å². The molecule has 1 aliphatic rings. The minimum absolute atomic E-state index is 0.0730. The maximum atomic E-state index is 10.5. The van der Waals surface area contributed by atoms with E-state index in [1.807, 2.05) is 0 Å². The van der Waals surface area contributed by atoms with Crippen LogP contribution in [0.2, 0.25) is 0 Å². The standard InChI is InChI=1S/C13H18N2O4/c16-15(17)11-3-5-12(6-4-11)19-9-7-14-10-13-2-1-8-18-13/h3-6,13-14H,1-2,7-10H2. The van der Waals surface area contributed by atoms with Gasteiger partial charge in [-0.1, -0.05) is 0 Å². The largest absolute Gasteiger partial charge is 0.492 e. The second kappa shape index (κ2) is 7.06. The molecule has 104 valence electrons. The van der Waals surface area contributed by atoms with Gasteiger partial charge in [0.05, 0.1) is 11.0 Å². The third-order valence-corrected chi connectivity index (χ3v) is 2.99. The topological polar surface area (TPSA) is 73.6 Å². The van der Waals surface area contributed by atoms with Gasteiger partial charge in [0, 0.05) is 31.8 Å². The predicted molar refractivity (Wildman–Crippen MR) is 70.4 cm³/mol. The summed E-state index contributed by atoms with van der Waals surface area (Å²) in [6.07, 6.45) is 2.60. The molecule has 6 nitrogen and oxygen atoms in total. The maximum absolute atomic E-state index is 10.5. The van der Waals surface area contributed by atoms with E-state index in [1.54, 1.807) is 12.1 Å². The molecule has 1 aromatic rings. The van der Waals surface area contributed by atoms with Gasteiger partial charge in [-0.05, 0) is 25.0 Å². The van der Waals surface area contributed by atoms with Crippen LogP contribution in [0.5, 0.6) is 5.75 Å². The Kier molecular flexibility index (Phi) is 5.11. The van der Waals surface area contributed by atoms with Gasteiger partial charge in [-0.3, -0.25) is 10.1 Å². The van der Waals surface area contributed by atoms with Crippen LogP contribution in [-0.2, 0) is 4.74 Å². The summed E-state index contributed by atoms with van der Waals surface area (Å²) in [7, 11) is 0. The van der Waals surface area contributed by atoms with Crippen LogP contribution >= 0.6 is 0 Å². The van der Waals surface area contributed by atoms with E-state index in [9.17, 15) is 10.1 Å². The van der Waals surface area contributed by atoms with Gasteiger partial charge in [-0.15, -0.1) is 0 Å². The Bertz CT molecular complexity index is 402. The quantitative estimate of drug-likeness (QED) is 0.462.